The molecule has 0 radical (unpaired) electrons. The number of ether oxygens (including phenoxy) is 1. The van der Waals surface area contributed by atoms with Gasteiger partial charge in [0.1, 0.15) is 16.3 Å². The summed E-state index contributed by atoms with van der Waals surface area (Å²) < 4.78 is 31.9. The van der Waals surface area contributed by atoms with Crippen molar-refractivity contribution in [3.63, 3.8) is 0 Å². The van der Waals surface area contributed by atoms with Gasteiger partial charge in [-0.15, -0.1) is 11.3 Å². The highest BCUT2D eigenvalue weighted by Gasteiger charge is 2.30. The molecule has 0 unspecified atom stereocenters. The number of nitrogens with zero attached hydrogens (tertiary/aromatic N) is 7. The fourth-order valence-corrected chi connectivity index (χ4v) is 6.75. The van der Waals surface area contributed by atoms with E-state index >= 15 is 0 Å². The van der Waals surface area contributed by atoms with Gasteiger partial charge >= 0.3 is 6.09 Å². The van der Waals surface area contributed by atoms with Crippen LogP contribution < -0.4 is 10.2 Å². The molecule has 2 fully saturated rings. The number of hydrogen-bond acceptors (Lipinski definition) is 10. The number of piperidine rings is 2. The SMILES string of the molecule is COC(=O)NC1CCN(C(=O)c2cc(N(C)C3CCN(S(C)(=O)=O)CC3)nc(-c3cnn4ccsc34)n2)CC1. The maximum Gasteiger partial charge on any atom is 0.407 e. The standard InChI is InChI=1S/C24H32N8O5S2/c1-29(17-6-10-31(11-7-17)39(3,35)36)20-14-19(22(33)30-8-4-16(5-9-30)26-24(34)37-2)27-21(28-20)18-15-25-32-12-13-38-23(18)32/h12-17H,4-11H2,1-3H3,(H,26,34). The zero-order valence-corrected chi connectivity index (χ0v) is 23.7. The van der Waals surface area contributed by atoms with Gasteiger partial charge in [-0.25, -0.2) is 32.0 Å². The van der Waals surface area contributed by atoms with E-state index in [4.69, 9.17) is 4.98 Å². The number of alkyl carbamates (subject to hydrolysis) is 1. The van der Waals surface area contributed by atoms with E-state index in [0.717, 1.165) is 10.4 Å². The lowest BCUT2D eigenvalue weighted by atomic mass is 10.0. The van der Waals surface area contributed by atoms with Crippen molar-refractivity contribution in [1.82, 2.24) is 34.1 Å². The first-order valence-corrected chi connectivity index (χ1v) is 15.5. The van der Waals surface area contributed by atoms with Crippen LogP contribution in [0.5, 0.6) is 0 Å². The van der Waals surface area contributed by atoms with Crippen LogP contribution in [0.2, 0.25) is 0 Å². The lowest BCUT2D eigenvalue weighted by Crippen LogP contribution is -2.47. The van der Waals surface area contributed by atoms with Gasteiger partial charge < -0.3 is 19.9 Å². The van der Waals surface area contributed by atoms with Gasteiger partial charge in [-0.1, -0.05) is 0 Å². The van der Waals surface area contributed by atoms with Gasteiger partial charge in [0.25, 0.3) is 5.91 Å². The maximum absolute atomic E-state index is 13.6. The van der Waals surface area contributed by atoms with Crippen LogP contribution in [0.25, 0.3) is 16.2 Å². The number of sulfonamides is 1. The van der Waals surface area contributed by atoms with E-state index in [1.807, 2.05) is 23.5 Å². The highest BCUT2D eigenvalue weighted by molar-refractivity contribution is 7.88. The average molecular weight is 577 g/mol. The number of likely N-dealkylation sites (tertiary alicyclic amines) is 1. The summed E-state index contributed by atoms with van der Waals surface area (Å²) in [6, 6.07) is 1.71. The predicted molar refractivity (Wildman–Crippen MR) is 146 cm³/mol. The fraction of sp³-hybridized carbons (Fsp3) is 0.542. The number of anilines is 1. The van der Waals surface area contributed by atoms with Gasteiger partial charge in [-0.2, -0.15) is 5.10 Å². The molecule has 5 rings (SSSR count). The number of fused-ring (bicyclic) bond motifs is 1. The van der Waals surface area contributed by atoms with Crippen LogP contribution in [-0.2, 0) is 14.8 Å². The van der Waals surface area contributed by atoms with Crippen LogP contribution in [0, 0.1) is 0 Å². The van der Waals surface area contributed by atoms with Crippen LogP contribution in [-0.4, -0.2) is 108 Å². The molecule has 0 aliphatic carbocycles. The van der Waals surface area contributed by atoms with Crippen molar-refractivity contribution < 1.29 is 22.7 Å². The van der Waals surface area contributed by atoms with Gasteiger partial charge in [0.05, 0.1) is 25.1 Å². The van der Waals surface area contributed by atoms with Crippen molar-refractivity contribution in [2.75, 3.05) is 51.5 Å². The lowest BCUT2D eigenvalue weighted by Gasteiger charge is -2.36. The molecule has 3 aromatic heterocycles. The summed E-state index contributed by atoms with van der Waals surface area (Å²) in [7, 11) is 0.0157. The first-order valence-electron chi connectivity index (χ1n) is 12.8. The number of carbonyl (C=O) groups is 2. The molecule has 2 amide bonds. The minimum Gasteiger partial charge on any atom is -0.453 e. The summed E-state index contributed by atoms with van der Waals surface area (Å²) in [6.07, 6.45) is 6.84. The molecule has 13 nitrogen and oxygen atoms in total. The molecule has 0 spiro atoms. The lowest BCUT2D eigenvalue weighted by molar-refractivity contribution is 0.0698. The number of aromatic nitrogens is 4. The Morgan fingerprint density at radius 1 is 1.13 bits per heavy atom. The van der Waals surface area contributed by atoms with Gasteiger partial charge in [0.2, 0.25) is 10.0 Å². The van der Waals surface area contributed by atoms with Crippen molar-refractivity contribution in [2.24, 2.45) is 0 Å². The topological polar surface area (TPSA) is 142 Å². The van der Waals surface area contributed by atoms with Gasteiger partial charge in [-0.3, -0.25) is 4.79 Å². The number of methoxy groups -OCH3 is 1. The second kappa shape index (κ2) is 11.1. The third-order valence-electron chi connectivity index (χ3n) is 7.40. The summed E-state index contributed by atoms with van der Waals surface area (Å²) in [5.41, 5.74) is 1.02. The van der Waals surface area contributed by atoms with E-state index in [1.165, 1.54) is 29.0 Å². The normalized spacial score (nSPS) is 17.9. The van der Waals surface area contributed by atoms with Crippen LogP contribution in [0.1, 0.15) is 36.2 Å². The molecule has 210 valence electrons. The predicted octanol–water partition coefficient (Wildman–Crippen LogP) is 1.67. The Kier molecular flexibility index (Phi) is 7.73. The van der Waals surface area contributed by atoms with Crippen molar-refractivity contribution >= 4 is 44.0 Å². The third kappa shape index (κ3) is 5.84. The molecule has 15 heteroatoms. The van der Waals surface area contributed by atoms with Crippen LogP contribution >= 0.6 is 11.3 Å². The van der Waals surface area contributed by atoms with E-state index in [9.17, 15) is 18.0 Å². The summed E-state index contributed by atoms with van der Waals surface area (Å²) in [4.78, 5) is 39.4. The summed E-state index contributed by atoms with van der Waals surface area (Å²) >= 11 is 1.51. The molecule has 5 heterocycles. The van der Waals surface area contributed by atoms with Crippen LogP contribution in [0.3, 0.4) is 0 Å². The van der Waals surface area contributed by atoms with Crippen molar-refractivity contribution in [3.8, 4) is 11.4 Å². The van der Waals surface area contributed by atoms with Crippen molar-refractivity contribution in [1.29, 1.82) is 0 Å². The second-order valence-electron chi connectivity index (χ2n) is 9.85. The zero-order valence-electron chi connectivity index (χ0n) is 22.1. The van der Waals surface area contributed by atoms with E-state index < -0.39 is 16.1 Å². The highest BCUT2D eigenvalue weighted by atomic mass is 32.2. The van der Waals surface area contributed by atoms with E-state index in [-0.39, 0.29) is 23.7 Å². The number of thiazole rings is 1. The molecule has 0 aromatic carbocycles. The first-order chi connectivity index (χ1) is 18.6. The Labute approximate surface area is 230 Å². The first kappa shape index (κ1) is 27.3. The molecule has 2 aliphatic rings. The minimum atomic E-state index is -3.23. The average Bonchev–Trinajstić information content (AvgIpc) is 3.56. The summed E-state index contributed by atoms with van der Waals surface area (Å²) in [5, 5.41) is 9.11. The van der Waals surface area contributed by atoms with Gasteiger partial charge in [0.15, 0.2) is 5.82 Å². The van der Waals surface area contributed by atoms with Crippen molar-refractivity contribution in [2.45, 2.75) is 37.8 Å². The molecular weight excluding hydrogens is 544 g/mol. The Morgan fingerprint density at radius 3 is 2.51 bits per heavy atom. The van der Waals surface area contributed by atoms with E-state index in [2.05, 4.69) is 20.1 Å². The number of hydrogen-bond donors (Lipinski definition) is 1. The van der Waals surface area contributed by atoms with Crippen LogP contribution in [0.15, 0.2) is 23.8 Å². The zero-order chi connectivity index (χ0) is 27.7. The molecule has 0 atom stereocenters. The number of nitrogens with one attached hydrogen (secondary N) is 1. The quantitative estimate of drug-likeness (QED) is 0.464. The Balaban J connectivity index is 1.41. The second-order valence-corrected chi connectivity index (χ2v) is 12.7. The molecule has 39 heavy (non-hydrogen) atoms. The van der Waals surface area contributed by atoms with Crippen LogP contribution in [0.4, 0.5) is 10.6 Å². The number of rotatable bonds is 6. The fourth-order valence-electron chi connectivity index (χ4n) is 5.09. The molecule has 1 N–H and O–H groups in total. The molecule has 0 bridgehead atoms. The number of carbonyl (C=O) groups excluding carboxylic acids is 2. The molecule has 2 aliphatic heterocycles. The summed E-state index contributed by atoms with van der Waals surface area (Å²) in [5.74, 6) is 0.807. The smallest absolute Gasteiger partial charge is 0.407 e. The molecule has 3 aromatic rings. The maximum atomic E-state index is 13.6. The molecule has 2 saturated heterocycles. The van der Waals surface area contributed by atoms with Crippen molar-refractivity contribution in [3.05, 3.63) is 29.5 Å². The van der Waals surface area contributed by atoms with E-state index in [0.29, 0.717) is 63.5 Å². The van der Waals surface area contributed by atoms with E-state index in [1.54, 1.807) is 21.7 Å². The Bertz CT molecular complexity index is 1460. The molecular formula is C24H32N8O5S2. The monoisotopic (exact) mass is 576 g/mol. The Morgan fingerprint density at radius 2 is 1.85 bits per heavy atom. The Hall–Kier alpha value is -3.30. The minimum absolute atomic E-state index is 0.0542. The highest BCUT2D eigenvalue weighted by Crippen LogP contribution is 2.29. The third-order valence-corrected chi connectivity index (χ3v) is 9.59. The molecule has 0 saturated carbocycles. The van der Waals surface area contributed by atoms with Gasteiger partial charge in [0, 0.05) is 63.0 Å². The summed E-state index contributed by atoms with van der Waals surface area (Å²) in [6.45, 7) is 1.83. The largest absolute Gasteiger partial charge is 0.453 e. The number of amides is 2. The van der Waals surface area contributed by atoms with Gasteiger partial charge in [-0.05, 0) is 25.7 Å².